The highest BCUT2D eigenvalue weighted by Gasteiger charge is 2.35. The lowest BCUT2D eigenvalue weighted by atomic mass is 9.82. The Kier molecular flexibility index (Phi) is 7.52. The number of anilines is 1. The Morgan fingerprint density at radius 2 is 1.81 bits per heavy atom. The smallest absolute Gasteiger partial charge is 0.343 e. The van der Waals surface area contributed by atoms with Crippen molar-refractivity contribution in [3.8, 4) is 5.69 Å². The van der Waals surface area contributed by atoms with Gasteiger partial charge in [-0.1, -0.05) is 31.5 Å². The zero-order valence-corrected chi connectivity index (χ0v) is 19.4. The van der Waals surface area contributed by atoms with E-state index in [4.69, 9.17) is 9.84 Å². The van der Waals surface area contributed by atoms with Gasteiger partial charge in [0.1, 0.15) is 5.56 Å². The number of nitrogens with zero attached hydrogens (tertiary/aromatic N) is 3. The highest BCUT2D eigenvalue weighted by Crippen LogP contribution is 2.33. The quantitative estimate of drug-likeness (QED) is 0.564. The molecule has 0 spiro atoms. The second-order valence-corrected chi connectivity index (χ2v) is 8.79. The predicted molar refractivity (Wildman–Crippen MR) is 123 cm³/mol. The number of benzene rings is 1. The molecule has 0 radical (unpaired) electrons. The first-order chi connectivity index (χ1) is 14.8. The number of esters is 1. The fraction of sp³-hybridized carbons (Fsp3) is 0.560. The van der Waals surface area contributed by atoms with Gasteiger partial charge < -0.3 is 4.74 Å². The van der Waals surface area contributed by atoms with E-state index in [1.54, 1.807) is 22.7 Å². The van der Waals surface area contributed by atoms with E-state index in [0.29, 0.717) is 17.3 Å². The van der Waals surface area contributed by atoms with Crippen molar-refractivity contribution in [1.82, 2.24) is 9.78 Å². The Labute approximate surface area is 185 Å². The SMILES string of the molecule is CCOC(=O)c1cn(-c2ccc(C)cc2)nc1N(C(=O)C1CCC(C)CC1)C(C)CC. The maximum absolute atomic E-state index is 13.7. The van der Waals surface area contributed by atoms with Crippen LogP contribution in [0.4, 0.5) is 5.82 Å². The number of hydrogen-bond acceptors (Lipinski definition) is 4. The molecule has 0 aliphatic heterocycles. The van der Waals surface area contributed by atoms with E-state index in [1.807, 2.05) is 38.1 Å². The minimum Gasteiger partial charge on any atom is -0.462 e. The number of ether oxygens (including phenoxy) is 1. The van der Waals surface area contributed by atoms with E-state index in [9.17, 15) is 9.59 Å². The first kappa shape index (κ1) is 23.0. The molecule has 1 amide bonds. The van der Waals surface area contributed by atoms with E-state index in [2.05, 4.69) is 13.8 Å². The topological polar surface area (TPSA) is 64.4 Å². The van der Waals surface area contributed by atoms with Crippen molar-refractivity contribution in [2.45, 2.75) is 72.8 Å². The van der Waals surface area contributed by atoms with Crippen LogP contribution in [-0.2, 0) is 9.53 Å². The lowest BCUT2D eigenvalue weighted by Crippen LogP contribution is -2.44. The van der Waals surface area contributed by atoms with Gasteiger partial charge in [-0.05, 0) is 70.9 Å². The zero-order chi connectivity index (χ0) is 22.5. The lowest BCUT2D eigenvalue weighted by Gasteiger charge is -2.33. The van der Waals surface area contributed by atoms with Crippen molar-refractivity contribution in [3.05, 3.63) is 41.6 Å². The van der Waals surface area contributed by atoms with Gasteiger partial charge in [-0.25, -0.2) is 9.48 Å². The molecule has 168 valence electrons. The van der Waals surface area contributed by atoms with Crippen LogP contribution in [0.5, 0.6) is 0 Å². The molecule has 1 saturated carbocycles. The van der Waals surface area contributed by atoms with Gasteiger partial charge in [0.2, 0.25) is 5.91 Å². The van der Waals surface area contributed by atoms with Crippen molar-refractivity contribution < 1.29 is 14.3 Å². The molecule has 2 aromatic rings. The van der Waals surface area contributed by atoms with E-state index in [0.717, 1.165) is 43.4 Å². The van der Waals surface area contributed by atoms with Crippen molar-refractivity contribution in [2.75, 3.05) is 11.5 Å². The Balaban J connectivity index is 2.04. The van der Waals surface area contributed by atoms with Gasteiger partial charge in [0.25, 0.3) is 0 Å². The number of rotatable bonds is 7. The molecule has 6 nitrogen and oxygen atoms in total. The molecular weight excluding hydrogens is 390 g/mol. The first-order valence-electron chi connectivity index (χ1n) is 11.5. The largest absolute Gasteiger partial charge is 0.462 e. The van der Waals surface area contributed by atoms with Gasteiger partial charge in [-0.3, -0.25) is 9.69 Å². The highest BCUT2D eigenvalue weighted by atomic mass is 16.5. The molecule has 0 saturated heterocycles. The number of carbonyl (C=O) groups excluding carboxylic acids is 2. The number of amides is 1. The van der Waals surface area contributed by atoms with E-state index in [-0.39, 0.29) is 24.5 Å². The van der Waals surface area contributed by atoms with Gasteiger partial charge in [-0.2, -0.15) is 0 Å². The highest BCUT2D eigenvalue weighted by molar-refractivity contribution is 6.02. The lowest BCUT2D eigenvalue weighted by molar-refractivity contribution is -0.124. The second kappa shape index (κ2) is 10.1. The summed E-state index contributed by atoms with van der Waals surface area (Å²) in [5.74, 6) is 0.661. The van der Waals surface area contributed by atoms with Crippen molar-refractivity contribution >= 4 is 17.7 Å². The fourth-order valence-corrected chi connectivity index (χ4v) is 4.14. The normalized spacial score (nSPS) is 19.6. The summed E-state index contributed by atoms with van der Waals surface area (Å²) in [6.07, 6.45) is 6.36. The van der Waals surface area contributed by atoms with Crippen molar-refractivity contribution in [2.24, 2.45) is 11.8 Å². The van der Waals surface area contributed by atoms with Gasteiger partial charge in [-0.15, -0.1) is 5.10 Å². The average Bonchev–Trinajstić information content (AvgIpc) is 3.19. The van der Waals surface area contributed by atoms with Gasteiger partial charge in [0.15, 0.2) is 5.82 Å². The standard InChI is InChI=1S/C25H35N3O3/c1-6-19(5)28(24(29)20-12-8-17(3)9-13-20)23-22(25(30)31-7-2)16-27(26-23)21-14-10-18(4)11-15-21/h10-11,14-17,19-20H,6-9,12-13H2,1-5H3. The van der Waals surface area contributed by atoms with E-state index in [1.165, 1.54) is 0 Å². The van der Waals surface area contributed by atoms with Crippen LogP contribution in [0.2, 0.25) is 0 Å². The van der Waals surface area contributed by atoms with Crippen LogP contribution in [0, 0.1) is 18.8 Å². The molecule has 6 heteroatoms. The fourth-order valence-electron chi connectivity index (χ4n) is 4.14. The number of aryl methyl sites for hydroxylation is 1. The number of aromatic nitrogens is 2. The monoisotopic (exact) mass is 425 g/mol. The number of hydrogen-bond donors (Lipinski definition) is 0. The molecule has 0 bridgehead atoms. The van der Waals surface area contributed by atoms with Crippen LogP contribution in [-0.4, -0.2) is 34.3 Å². The summed E-state index contributed by atoms with van der Waals surface area (Å²) < 4.78 is 6.98. The average molecular weight is 426 g/mol. The molecule has 3 rings (SSSR count). The predicted octanol–water partition coefficient (Wildman–Crippen LogP) is 5.32. The van der Waals surface area contributed by atoms with Crippen LogP contribution in [0.3, 0.4) is 0 Å². The number of carbonyl (C=O) groups is 2. The molecule has 0 N–H and O–H groups in total. The van der Waals surface area contributed by atoms with E-state index < -0.39 is 5.97 Å². The maximum Gasteiger partial charge on any atom is 0.343 e. The van der Waals surface area contributed by atoms with E-state index >= 15 is 0 Å². The minimum absolute atomic E-state index is 0.0234. The Bertz CT molecular complexity index is 895. The van der Waals surface area contributed by atoms with Gasteiger partial charge >= 0.3 is 5.97 Å². The van der Waals surface area contributed by atoms with Crippen LogP contribution >= 0.6 is 0 Å². The zero-order valence-electron chi connectivity index (χ0n) is 19.4. The molecule has 31 heavy (non-hydrogen) atoms. The summed E-state index contributed by atoms with van der Waals surface area (Å²) in [4.78, 5) is 28.2. The molecule has 1 fully saturated rings. The molecule has 1 aromatic carbocycles. The van der Waals surface area contributed by atoms with Crippen LogP contribution in [0.15, 0.2) is 30.5 Å². The summed E-state index contributed by atoms with van der Waals surface area (Å²) >= 11 is 0. The van der Waals surface area contributed by atoms with Crippen LogP contribution in [0.1, 0.15) is 75.7 Å². The van der Waals surface area contributed by atoms with Crippen molar-refractivity contribution in [1.29, 1.82) is 0 Å². The third kappa shape index (κ3) is 5.17. The molecule has 1 aliphatic carbocycles. The third-order valence-electron chi connectivity index (χ3n) is 6.35. The van der Waals surface area contributed by atoms with Crippen LogP contribution < -0.4 is 4.90 Å². The summed E-state index contributed by atoms with van der Waals surface area (Å²) in [5.41, 5.74) is 2.32. The molecule has 1 heterocycles. The van der Waals surface area contributed by atoms with Crippen LogP contribution in [0.25, 0.3) is 5.69 Å². The first-order valence-corrected chi connectivity index (χ1v) is 11.5. The van der Waals surface area contributed by atoms with Crippen molar-refractivity contribution in [3.63, 3.8) is 0 Å². The Hall–Kier alpha value is -2.63. The molecular formula is C25H35N3O3. The van der Waals surface area contributed by atoms with Gasteiger partial charge in [0, 0.05) is 18.2 Å². The summed E-state index contributed by atoms with van der Waals surface area (Å²) in [5, 5.41) is 4.73. The maximum atomic E-state index is 13.7. The summed E-state index contributed by atoms with van der Waals surface area (Å²) in [7, 11) is 0. The molecule has 1 aliphatic rings. The molecule has 1 unspecified atom stereocenters. The second-order valence-electron chi connectivity index (χ2n) is 8.79. The van der Waals surface area contributed by atoms with Gasteiger partial charge in [0.05, 0.1) is 12.3 Å². The Morgan fingerprint density at radius 1 is 1.16 bits per heavy atom. The minimum atomic E-state index is -0.450. The Morgan fingerprint density at radius 3 is 2.39 bits per heavy atom. The third-order valence-corrected chi connectivity index (χ3v) is 6.35. The molecule has 1 aromatic heterocycles. The summed E-state index contributed by atoms with van der Waals surface area (Å²) in [6, 6.07) is 7.85. The molecule has 1 atom stereocenters. The summed E-state index contributed by atoms with van der Waals surface area (Å²) in [6.45, 7) is 10.4.